The molecule has 1 atom stereocenters. The van der Waals surface area contributed by atoms with Crippen molar-refractivity contribution >= 4 is 5.91 Å². The fourth-order valence-corrected chi connectivity index (χ4v) is 2.87. The van der Waals surface area contributed by atoms with Crippen molar-refractivity contribution in [3.63, 3.8) is 0 Å². The summed E-state index contributed by atoms with van der Waals surface area (Å²) >= 11 is 0. The Hall–Kier alpha value is -2.69. The van der Waals surface area contributed by atoms with Gasteiger partial charge in [-0.25, -0.2) is 0 Å². The third kappa shape index (κ3) is 4.73. The number of nitrogens with one attached hydrogen (secondary N) is 1. The second-order valence-electron chi connectivity index (χ2n) is 7.69. The molecule has 1 aliphatic heterocycles. The van der Waals surface area contributed by atoms with E-state index in [0.29, 0.717) is 24.5 Å². The Morgan fingerprint density at radius 1 is 1.11 bits per heavy atom. The number of hydrogen-bond acceptors (Lipinski definition) is 4. The minimum atomic E-state index is -0.528. The lowest BCUT2D eigenvalue weighted by atomic mass is 9.87. The smallest absolute Gasteiger partial charge is 0.261 e. The van der Waals surface area contributed by atoms with Gasteiger partial charge in [-0.1, -0.05) is 45.9 Å². The largest absolute Gasteiger partial charge is 0.481 e. The van der Waals surface area contributed by atoms with Crippen molar-refractivity contribution in [3.05, 3.63) is 53.6 Å². The van der Waals surface area contributed by atoms with E-state index < -0.39 is 6.10 Å². The van der Waals surface area contributed by atoms with E-state index in [4.69, 9.17) is 14.2 Å². The zero-order valence-corrected chi connectivity index (χ0v) is 16.4. The van der Waals surface area contributed by atoms with Crippen LogP contribution < -0.4 is 19.5 Å². The Kier molecular flexibility index (Phi) is 5.59. The molecule has 5 nitrogen and oxygen atoms in total. The van der Waals surface area contributed by atoms with Crippen molar-refractivity contribution in [1.29, 1.82) is 0 Å². The van der Waals surface area contributed by atoms with E-state index in [1.807, 2.05) is 49.4 Å². The number of ether oxygens (including phenoxy) is 3. The van der Waals surface area contributed by atoms with Gasteiger partial charge in [0.25, 0.3) is 5.91 Å². The molecule has 0 aliphatic carbocycles. The summed E-state index contributed by atoms with van der Waals surface area (Å²) in [4.78, 5) is 12.5. The van der Waals surface area contributed by atoms with Gasteiger partial charge in [0.2, 0.25) is 6.79 Å². The van der Waals surface area contributed by atoms with Gasteiger partial charge in [0.15, 0.2) is 17.6 Å². The lowest BCUT2D eigenvalue weighted by Crippen LogP contribution is -2.37. The summed E-state index contributed by atoms with van der Waals surface area (Å²) in [6.07, 6.45) is 0.0630. The molecule has 1 aliphatic rings. The van der Waals surface area contributed by atoms with E-state index in [2.05, 4.69) is 26.1 Å². The lowest BCUT2D eigenvalue weighted by Gasteiger charge is -2.21. The van der Waals surface area contributed by atoms with Crippen LogP contribution in [0.4, 0.5) is 0 Å². The fourth-order valence-electron chi connectivity index (χ4n) is 2.87. The normalized spacial score (nSPS) is 13.9. The molecule has 0 saturated heterocycles. The summed E-state index contributed by atoms with van der Waals surface area (Å²) < 4.78 is 16.6. The zero-order chi connectivity index (χ0) is 19.4. The van der Waals surface area contributed by atoms with Crippen LogP contribution in [0.1, 0.15) is 45.2 Å². The number of benzene rings is 2. The van der Waals surface area contributed by atoms with Gasteiger partial charge in [0, 0.05) is 6.54 Å². The molecular formula is C22H27NO4. The first-order valence-corrected chi connectivity index (χ1v) is 9.30. The highest BCUT2D eigenvalue weighted by atomic mass is 16.7. The Bertz CT molecular complexity index is 793. The Morgan fingerprint density at radius 3 is 2.48 bits per heavy atom. The number of amides is 1. The average Bonchev–Trinajstić information content (AvgIpc) is 3.11. The lowest BCUT2D eigenvalue weighted by molar-refractivity contribution is -0.128. The summed E-state index contributed by atoms with van der Waals surface area (Å²) in [5.74, 6) is 2.02. The van der Waals surface area contributed by atoms with E-state index >= 15 is 0 Å². The molecular weight excluding hydrogens is 342 g/mol. The quantitative estimate of drug-likeness (QED) is 0.830. The first-order valence-electron chi connectivity index (χ1n) is 9.30. The van der Waals surface area contributed by atoms with E-state index in [1.165, 1.54) is 5.56 Å². The van der Waals surface area contributed by atoms with Crippen LogP contribution in [0, 0.1) is 0 Å². The van der Waals surface area contributed by atoms with E-state index in [1.54, 1.807) is 0 Å². The van der Waals surface area contributed by atoms with Crippen molar-refractivity contribution in [1.82, 2.24) is 5.32 Å². The Labute approximate surface area is 160 Å². The zero-order valence-electron chi connectivity index (χ0n) is 16.4. The number of hydrogen-bond donors (Lipinski definition) is 1. The molecule has 2 aromatic carbocycles. The van der Waals surface area contributed by atoms with Crippen LogP contribution in [0.25, 0.3) is 0 Å². The van der Waals surface area contributed by atoms with Crippen LogP contribution >= 0.6 is 0 Å². The summed E-state index contributed by atoms with van der Waals surface area (Å²) in [6, 6.07) is 13.6. The third-order valence-electron chi connectivity index (χ3n) is 4.57. The molecule has 27 heavy (non-hydrogen) atoms. The molecule has 2 aromatic rings. The molecule has 1 amide bonds. The monoisotopic (exact) mass is 369 g/mol. The minimum absolute atomic E-state index is 0.0880. The molecule has 1 unspecified atom stereocenters. The summed E-state index contributed by atoms with van der Waals surface area (Å²) in [5.41, 5.74) is 2.28. The molecule has 1 heterocycles. The topological polar surface area (TPSA) is 56.8 Å². The van der Waals surface area contributed by atoms with Crippen molar-refractivity contribution in [2.24, 2.45) is 0 Å². The molecule has 0 saturated carbocycles. The van der Waals surface area contributed by atoms with Crippen LogP contribution in [0.2, 0.25) is 0 Å². The van der Waals surface area contributed by atoms with Crippen LogP contribution in [0.5, 0.6) is 17.2 Å². The molecule has 0 bridgehead atoms. The van der Waals surface area contributed by atoms with E-state index in [0.717, 1.165) is 11.3 Å². The second-order valence-corrected chi connectivity index (χ2v) is 7.69. The van der Waals surface area contributed by atoms with Gasteiger partial charge in [0.1, 0.15) is 5.75 Å². The van der Waals surface area contributed by atoms with Crippen LogP contribution in [0.15, 0.2) is 42.5 Å². The fraction of sp³-hybridized carbons (Fsp3) is 0.409. The van der Waals surface area contributed by atoms with Gasteiger partial charge in [-0.15, -0.1) is 0 Å². The number of fused-ring (bicyclic) bond motifs is 1. The van der Waals surface area contributed by atoms with Crippen molar-refractivity contribution in [2.75, 3.05) is 6.79 Å². The highest BCUT2D eigenvalue weighted by Gasteiger charge is 2.20. The highest BCUT2D eigenvalue weighted by molar-refractivity contribution is 5.81. The van der Waals surface area contributed by atoms with Gasteiger partial charge in [0.05, 0.1) is 0 Å². The SMILES string of the molecule is CCC(Oc1ccc(C(C)(C)C)cc1)C(=O)NCc1ccc2c(c1)OCO2. The number of carbonyl (C=O) groups excluding carboxylic acids is 1. The summed E-state index contributed by atoms with van der Waals surface area (Å²) in [5, 5.41) is 2.94. The number of carbonyl (C=O) groups is 1. The third-order valence-corrected chi connectivity index (χ3v) is 4.57. The molecule has 0 aromatic heterocycles. The predicted molar refractivity (Wildman–Crippen MR) is 104 cm³/mol. The molecule has 3 rings (SSSR count). The van der Waals surface area contributed by atoms with Crippen LogP contribution in [-0.2, 0) is 16.8 Å². The Balaban J connectivity index is 1.57. The van der Waals surface area contributed by atoms with Gasteiger partial charge < -0.3 is 19.5 Å². The van der Waals surface area contributed by atoms with Gasteiger partial charge in [-0.2, -0.15) is 0 Å². The van der Waals surface area contributed by atoms with E-state index in [-0.39, 0.29) is 18.1 Å². The molecule has 144 valence electrons. The van der Waals surface area contributed by atoms with Crippen molar-refractivity contribution in [2.45, 2.75) is 52.2 Å². The Morgan fingerprint density at radius 2 is 1.81 bits per heavy atom. The molecule has 0 radical (unpaired) electrons. The van der Waals surface area contributed by atoms with Crippen molar-refractivity contribution < 1.29 is 19.0 Å². The highest BCUT2D eigenvalue weighted by Crippen LogP contribution is 2.32. The maximum Gasteiger partial charge on any atom is 0.261 e. The maximum atomic E-state index is 12.5. The van der Waals surface area contributed by atoms with Crippen molar-refractivity contribution in [3.8, 4) is 17.2 Å². The first kappa shape index (κ1) is 19.1. The summed E-state index contributed by atoms with van der Waals surface area (Å²) in [7, 11) is 0. The number of rotatable bonds is 6. The van der Waals surface area contributed by atoms with Gasteiger partial charge in [-0.05, 0) is 47.2 Å². The standard InChI is InChI=1S/C22H27NO4/c1-5-18(27-17-9-7-16(8-10-17)22(2,3)4)21(24)23-13-15-6-11-19-20(12-15)26-14-25-19/h6-12,18H,5,13-14H2,1-4H3,(H,23,24). The molecule has 5 heteroatoms. The van der Waals surface area contributed by atoms with Crippen LogP contribution in [0.3, 0.4) is 0 Å². The molecule has 1 N–H and O–H groups in total. The minimum Gasteiger partial charge on any atom is -0.481 e. The first-order chi connectivity index (χ1) is 12.9. The predicted octanol–water partition coefficient (Wildman–Crippen LogP) is 4.19. The molecule has 0 spiro atoms. The average molecular weight is 369 g/mol. The maximum absolute atomic E-state index is 12.5. The summed E-state index contributed by atoms with van der Waals surface area (Å²) in [6.45, 7) is 9.10. The second kappa shape index (κ2) is 7.91. The van der Waals surface area contributed by atoms with E-state index in [9.17, 15) is 4.79 Å². The van der Waals surface area contributed by atoms with Crippen LogP contribution in [-0.4, -0.2) is 18.8 Å². The van der Waals surface area contributed by atoms with Gasteiger partial charge in [-0.3, -0.25) is 4.79 Å². The molecule has 0 fully saturated rings. The van der Waals surface area contributed by atoms with Gasteiger partial charge >= 0.3 is 0 Å².